The third-order valence-electron chi connectivity index (χ3n) is 3.63. The van der Waals surface area contributed by atoms with E-state index in [2.05, 4.69) is 21.0 Å². The van der Waals surface area contributed by atoms with Gasteiger partial charge in [-0.25, -0.2) is 0 Å². The highest BCUT2D eigenvalue weighted by atomic mass is 35.5. The Hall–Kier alpha value is -2.09. The van der Waals surface area contributed by atoms with Crippen LogP contribution in [0.5, 0.6) is 0 Å². The van der Waals surface area contributed by atoms with E-state index in [1.165, 1.54) is 0 Å². The molecule has 3 N–H and O–H groups in total. The van der Waals surface area contributed by atoms with E-state index >= 15 is 0 Å². The number of aromatic nitrogens is 2. The quantitative estimate of drug-likeness (QED) is 0.667. The third-order valence-corrected chi connectivity index (χ3v) is 3.94. The molecule has 9 heteroatoms. The van der Waals surface area contributed by atoms with Gasteiger partial charge in [0.05, 0.1) is 16.8 Å². The molecule has 1 unspecified atom stereocenters. The molecule has 2 amide bonds. The minimum absolute atomic E-state index is 0. The van der Waals surface area contributed by atoms with Crippen LogP contribution in [0, 0.1) is 0 Å². The van der Waals surface area contributed by atoms with Crippen molar-refractivity contribution < 1.29 is 9.59 Å². The predicted octanol–water partition coefficient (Wildman–Crippen LogP) is 2.53. The fraction of sp³-hybridized carbons (Fsp3) is 0.353. The van der Waals surface area contributed by atoms with Crippen molar-refractivity contribution in [2.45, 2.75) is 19.4 Å². The molecule has 0 saturated carbocycles. The molecule has 7 nitrogen and oxygen atoms in total. The zero-order valence-corrected chi connectivity index (χ0v) is 16.4. The molecule has 2 aromatic rings. The van der Waals surface area contributed by atoms with Crippen molar-refractivity contribution >= 4 is 41.5 Å². The van der Waals surface area contributed by atoms with Gasteiger partial charge >= 0.3 is 0 Å². The topological polar surface area (TPSA) is 88.1 Å². The molecule has 0 aliphatic heterocycles. The van der Waals surface area contributed by atoms with Gasteiger partial charge in [0, 0.05) is 31.0 Å². The normalized spacial score (nSPS) is 11.4. The molecule has 0 aliphatic carbocycles. The van der Waals surface area contributed by atoms with Crippen LogP contribution in [-0.2, 0) is 11.8 Å². The summed E-state index contributed by atoms with van der Waals surface area (Å²) in [6, 6.07) is 4.28. The minimum Gasteiger partial charge on any atom is -0.352 e. The second kappa shape index (κ2) is 10.2. The molecule has 26 heavy (non-hydrogen) atoms. The molecule has 0 radical (unpaired) electrons. The minimum atomic E-state index is -0.542. The lowest BCUT2D eigenvalue weighted by Gasteiger charge is -2.15. The van der Waals surface area contributed by atoms with E-state index in [0.29, 0.717) is 17.8 Å². The Balaban J connectivity index is 0.00000338. The Labute approximate surface area is 163 Å². The molecule has 0 spiro atoms. The number of rotatable bonds is 7. The number of aryl methyl sites for hydroxylation is 1. The van der Waals surface area contributed by atoms with Gasteiger partial charge in [-0.15, -0.1) is 12.4 Å². The summed E-state index contributed by atoms with van der Waals surface area (Å²) < 4.78 is 1.63. The number of anilines is 1. The van der Waals surface area contributed by atoms with E-state index in [0.717, 1.165) is 12.0 Å². The van der Waals surface area contributed by atoms with Gasteiger partial charge < -0.3 is 16.0 Å². The summed E-state index contributed by atoms with van der Waals surface area (Å²) in [5.74, 6) is -0.470. The van der Waals surface area contributed by atoms with Gasteiger partial charge in [0.15, 0.2) is 0 Å². The van der Waals surface area contributed by atoms with Gasteiger partial charge in [0.1, 0.15) is 6.04 Å². The van der Waals surface area contributed by atoms with Crippen molar-refractivity contribution in [2.75, 3.05) is 18.9 Å². The van der Waals surface area contributed by atoms with E-state index in [1.54, 1.807) is 49.4 Å². The Kier molecular flexibility index (Phi) is 8.57. The molecule has 1 aromatic heterocycles. The maximum Gasteiger partial charge on any atom is 0.252 e. The highest BCUT2D eigenvalue weighted by Gasteiger charge is 2.20. The van der Waals surface area contributed by atoms with Crippen LogP contribution in [0.25, 0.3) is 0 Å². The second-order valence-corrected chi connectivity index (χ2v) is 6.02. The maximum absolute atomic E-state index is 12.5. The van der Waals surface area contributed by atoms with E-state index in [4.69, 9.17) is 11.6 Å². The Morgan fingerprint density at radius 3 is 2.62 bits per heavy atom. The van der Waals surface area contributed by atoms with Crippen molar-refractivity contribution in [2.24, 2.45) is 7.05 Å². The molecule has 0 bridgehead atoms. The number of likely N-dealkylation sites (N-methyl/N-ethyl adjacent to an activating group) is 1. The van der Waals surface area contributed by atoms with Crippen LogP contribution in [-0.4, -0.2) is 35.2 Å². The van der Waals surface area contributed by atoms with Gasteiger partial charge in [0.25, 0.3) is 5.91 Å². The lowest BCUT2D eigenvalue weighted by molar-refractivity contribution is -0.118. The summed E-state index contributed by atoms with van der Waals surface area (Å²) in [4.78, 5) is 24.5. The van der Waals surface area contributed by atoms with Gasteiger partial charge in [-0.05, 0) is 31.7 Å². The van der Waals surface area contributed by atoms with Crippen molar-refractivity contribution in [3.05, 3.63) is 46.7 Å². The monoisotopic (exact) mass is 399 g/mol. The van der Waals surface area contributed by atoms with Crippen molar-refractivity contribution in [3.8, 4) is 0 Å². The van der Waals surface area contributed by atoms with Gasteiger partial charge in [-0.2, -0.15) is 5.10 Å². The van der Waals surface area contributed by atoms with Crippen LogP contribution in [0.15, 0.2) is 30.6 Å². The third kappa shape index (κ3) is 5.45. The van der Waals surface area contributed by atoms with E-state index < -0.39 is 6.04 Å². The highest BCUT2D eigenvalue weighted by molar-refractivity contribution is 6.34. The van der Waals surface area contributed by atoms with Gasteiger partial charge in [-0.3, -0.25) is 14.3 Å². The van der Waals surface area contributed by atoms with Crippen LogP contribution in [0.1, 0.15) is 35.3 Å². The number of halogens is 2. The summed E-state index contributed by atoms with van der Waals surface area (Å²) in [6.07, 6.45) is 4.25. The van der Waals surface area contributed by atoms with Crippen LogP contribution in [0.3, 0.4) is 0 Å². The average molecular weight is 400 g/mol. The summed E-state index contributed by atoms with van der Waals surface area (Å²) in [5.41, 5.74) is 1.65. The molecule has 1 aromatic carbocycles. The molecular weight excluding hydrogens is 377 g/mol. The van der Waals surface area contributed by atoms with E-state index in [-0.39, 0.29) is 29.2 Å². The number of hydrogen-bond donors (Lipinski definition) is 3. The van der Waals surface area contributed by atoms with Crippen molar-refractivity contribution in [3.63, 3.8) is 0 Å². The molecule has 0 saturated heterocycles. The fourth-order valence-corrected chi connectivity index (χ4v) is 2.63. The Bertz CT molecular complexity index is 763. The maximum atomic E-state index is 12.5. The lowest BCUT2D eigenvalue weighted by atomic mass is 10.1. The fourth-order valence-electron chi connectivity index (χ4n) is 2.36. The number of amides is 2. The van der Waals surface area contributed by atoms with Crippen molar-refractivity contribution in [1.82, 2.24) is 20.4 Å². The van der Waals surface area contributed by atoms with Gasteiger partial charge in [0.2, 0.25) is 5.91 Å². The van der Waals surface area contributed by atoms with Crippen molar-refractivity contribution in [1.29, 1.82) is 0 Å². The number of carbonyl (C=O) groups is 2. The zero-order chi connectivity index (χ0) is 18.4. The molecule has 0 aliphatic rings. The standard InChI is InChI=1S/C17H22ClN5O2.ClH/c1-4-7-20-16(24)13-6-5-12(8-14(13)18)22-17(25)15(19-2)11-9-21-23(3)10-11;/h5-6,8-10,15,19H,4,7H2,1-3H3,(H,20,24)(H,22,25);1H. The molecule has 142 valence electrons. The Morgan fingerprint density at radius 2 is 2.08 bits per heavy atom. The first-order chi connectivity index (χ1) is 12.0. The van der Waals surface area contributed by atoms with Crippen LogP contribution < -0.4 is 16.0 Å². The number of nitrogens with one attached hydrogen (secondary N) is 3. The predicted molar refractivity (Wildman–Crippen MR) is 105 cm³/mol. The molecule has 1 atom stereocenters. The first-order valence-electron chi connectivity index (χ1n) is 8.00. The SMILES string of the molecule is CCCNC(=O)c1ccc(NC(=O)C(NC)c2cnn(C)c2)cc1Cl.Cl. The molecular formula is C17H23Cl2N5O2. The first kappa shape index (κ1) is 22.0. The highest BCUT2D eigenvalue weighted by Crippen LogP contribution is 2.22. The van der Waals surface area contributed by atoms with Crippen LogP contribution >= 0.6 is 24.0 Å². The van der Waals surface area contributed by atoms with E-state index in [1.807, 2.05) is 6.92 Å². The number of nitrogens with zero attached hydrogens (tertiary/aromatic N) is 2. The number of hydrogen-bond acceptors (Lipinski definition) is 4. The smallest absolute Gasteiger partial charge is 0.252 e. The average Bonchev–Trinajstić information content (AvgIpc) is 2.99. The summed E-state index contributed by atoms with van der Waals surface area (Å²) in [5, 5.41) is 12.9. The molecule has 2 rings (SSSR count). The van der Waals surface area contributed by atoms with Crippen LogP contribution in [0.4, 0.5) is 5.69 Å². The first-order valence-corrected chi connectivity index (χ1v) is 8.38. The summed E-state index contributed by atoms with van der Waals surface area (Å²) in [6.45, 7) is 2.56. The summed E-state index contributed by atoms with van der Waals surface area (Å²) in [7, 11) is 3.49. The van der Waals surface area contributed by atoms with Gasteiger partial charge in [-0.1, -0.05) is 18.5 Å². The molecule has 1 heterocycles. The summed E-state index contributed by atoms with van der Waals surface area (Å²) >= 11 is 6.18. The molecule has 0 fully saturated rings. The zero-order valence-electron chi connectivity index (χ0n) is 14.9. The lowest BCUT2D eigenvalue weighted by Crippen LogP contribution is -2.30. The van der Waals surface area contributed by atoms with Crippen LogP contribution in [0.2, 0.25) is 5.02 Å². The number of carbonyl (C=O) groups excluding carboxylic acids is 2. The Morgan fingerprint density at radius 1 is 1.35 bits per heavy atom. The number of benzene rings is 1. The second-order valence-electron chi connectivity index (χ2n) is 5.61. The largest absolute Gasteiger partial charge is 0.352 e. The van der Waals surface area contributed by atoms with E-state index in [9.17, 15) is 9.59 Å².